The molecular weight excluding hydrogens is 200 g/mol. The summed E-state index contributed by atoms with van der Waals surface area (Å²) in [6.07, 6.45) is 13.8. The largest absolute Gasteiger partial charge is 0.351 e. The summed E-state index contributed by atoms with van der Waals surface area (Å²) in [5, 5.41) is 16.7. The molecule has 4 heteroatoms. The predicted octanol–water partition coefficient (Wildman–Crippen LogP) is 2.00. The molecular formula is C12H14N4. The molecule has 0 fully saturated rings. The van der Waals surface area contributed by atoms with Gasteiger partial charge in [-0.3, -0.25) is 0 Å². The molecule has 0 aromatic carbocycles. The lowest BCUT2D eigenvalue weighted by atomic mass is 10.1. The maximum atomic E-state index is 7.48. The summed E-state index contributed by atoms with van der Waals surface area (Å²) in [7, 11) is 0. The van der Waals surface area contributed by atoms with Crippen LogP contribution in [0.4, 0.5) is 0 Å². The van der Waals surface area contributed by atoms with Gasteiger partial charge in [0.1, 0.15) is 0 Å². The number of rotatable bonds is 3. The van der Waals surface area contributed by atoms with Crippen molar-refractivity contribution in [2.45, 2.75) is 6.42 Å². The van der Waals surface area contributed by atoms with Crippen molar-refractivity contribution in [2.24, 2.45) is 0 Å². The number of hydrogen-bond acceptors (Lipinski definition) is 4. The fourth-order valence-corrected chi connectivity index (χ4v) is 1.02. The average molecular weight is 214 g/mol. The van der Waals surface area contributed by atoms with E-state index in [1.54, 1.807) is 5.32 Å². The predicted molar refractivity (Wildman–Crippen MR) is 63.3 cm³/mol. The van der Waals surface area contributed by atoms with E-state index in [9.17, 15) is 0 Å². The third-order valence-corrected chi connectivity index (χ3v) is 1.77. The van der Waals surface area contributed by atoms with E-state index in [1.807, 2.05) is 23.4 Å². The van der Waals surface area contributed by atoms with Crippen molar-refractivity contribution in [3.8, 4) is 12.4 Å². The molecule has 0 bridgehead atoms. The average Bonchev–Trinajstić information content (AvgIpc) is 2.32. The molecule has 1 aliphatic rings. The van der Waals surface area contributed by atoms with E-state index in [2.05, 4.69) is 25.3 Å². The van der Waals surface area contributed by atoms with Gasteiger partial charge in [0.25, 0.3) is 0 Å². The van der Waals surface area contributed by atoms with Gasteiger partial charge >= 0.3 is 0 Å². The van der Waals surface area contributed by atoms with E-state index < -0.39 is 0 Å². The Labute approximate surface area is 96.1 Å². The highest BCUT2D eigenvalue weighted by molar-refractivity contribution is 5.25. The maximum absolute atomic E-state index is 7.48. The smallest absolute Gasteiger partial charge is 0.190 e. The molecule has 82 valence electrons. The molecule has 0 aromatic rings. The van der Waals surface area contributed by atoms with Crippen LogP contribution in [0.15, 0.2) is 49.4 Å². The van der Waals surface area contributed by atoms with E-state index >= 15 is 0 Å². The van der Waals surface area contributed by atoms with E-state index in [0.717, 1.165) is 13.0 Å². The molecule has 0 radical (unpaired) electrons. The van der Waals surface area contributed by atoms with Gasteiger partial charge in [0.15, 0.2) is 12.4 Å². The minimum absolute atomic E-state index is 0.934. The van der Waals surface area contributed by atoms with Crippen molar-refractivity contribution in [1.82, 2.24) is 10.2 Å². The Morgan fingerprint density at radius 3 is 2.44 bits per heavy atom. The van der Waals surface area contributed by atoms with Crippen LogP contribution in [0.1, 0.15) is 6.42 Å². The fraction of sp³-hybridized carbons (Fsp3) is 0.167. The summed E-state index contributed by atoms with van der Waals surface area (Å²) in [4.78, 5) is 2.03. The fourth-order valence-electron chi connectivity index (χ4n) is 1.02. The third-order valence-electron chi connectivity index (χ3n) is 1.77. The molecule has 1 rings (SSSR count). The van der Waals surface area contributed by atoms with E-state index in [0.29, 0.717) is 0 Å². The first-order chi connectivity index (χ1) is 7.78. The molecule has 0 spiro atoms. The van der Waals surface area contributed by atoms with Crippen molar-refractivity contribution in [2.75, 3.05) is 6.54 Å². The standard InChI is InChI=1S/C10H13N.C2HN3/c1-3-5-10-6-8-11(4-2)9-7-10;3-1-5-2-4/h3-4,6-8H,1-2,5,9H2;5H. The molecule has 0 saturated heterocycles. The van der Waals surface area contributed by atoms with Crippen LogP contribution in [0, 0.1) is 22.9 Å². The number of allylic oxidation sites excluding steroid dienone is 3. The number of nitriles is 2. The minimum atomic E-state index is 0.934. The topological polar surface area (TPSA) is 62.9 Å². The lowest BCUT2D eigenvalue weighted by Gasteiger charge is -2.16. The Balaban J connectivity index is 0.000000385. The van der Waals surface area contributed by atoms with Crippen LogP contribution < -0.4 is 5.32 Å². The van der Waals surface area contributed by atoms with Crippen molar-refractivity contribution in [3.05, 3.63) is 49.4 Å². The minimum Gasteiger partial charge on any atom is -0.351 e. The van der Waals surface area contributed by atoms with E-state index in [4.69, 9.17) is 10.5 Å². The number of hydrogen-bond donors (Lipinski definition) is 1. The second kappa shape index (κ2) is 9.11. The zero-order valence-electron chi connectivity index (χ0n) is 9.06. The van der Waals surface area contributed by atoms with Crippen molar-refractivity contribution in [1.29, 1.82) is 10.5 Å². The first kappa shape index (κ1) is 13.5. The summed E-state index contributed by atoms with van der Waals surface area (Å²) in [5.74, 6) is 0. The first-order valence-electron chi connectivity index (χ1n) is 4.68. The Bertz CT molecular complexity index is 353. The summed E-state index contributed by atoms with van der Waals surface area (Å²) in [6, 6.07) is 0. The van der Waals surface area contributed by atoms with Crippen LogP contribution in [0.25, 0.3) is 0 Å². The molecule has 0 aromatic heterocycles. The van der Waals surface area contributed by atoms with Crippen molar-refractivity contribution < 1.29 is 0 Å². The molecule has 1 heterocycles. The molecule has 4 nitrogen and oxygen atoms in total. The molecule has 0 saturated carbocycles. The molecule has 16 heavy (non-hydrogen) atoms. The molecule has 1 N–H and O–H groups in total. The number of nitrogens with zero attached hydrogens (tertiary/aromatic N) is 3. The Morgan fingerprint density at radius 1 is 1.44 bits per heavy atom. The highest BCUT2D eigenvalue weighted by Crippen LogP contribution is 2.10. The summed E-state index contributed by atoms with van der Waals surface area (Å²) in [6.45, 7) is 8.30. The Hall–Kier alpha value is -2.46. The van der Waals surface area contributed by atoms with Gasteiger partial charge < -0.3 is 4.90 Å². The maximum Gasteiger partial charge on any atom is 0.190 e. The van der Waals surface area contributed by atoms with Crippen LogP contribution >= 0.6 is 0 Å². The van der Waals surface area contributed by atoms with E-state index in [-0.39, 0.29) is 0 Å². The normalized spacial score (nSPS) is 12.1. The van der Waals surface area contributed by atoms with Gasteiger partial charge in [-0.05, 0) is 24.3 Å². The van der Waals surface area contributed by atoms with Crippen molar-refractivity contribution in [3.63, 3.8) is 0 Å². The Morgan fingerprint density at radius 2 is 2.12 bits per heavy atom. The van der Waals surface area contributed by atoms with Crippen LogP contribution in [-0.4, -0.2) is 11.4 Å². The third kappa shape index (κ3) is 6.06. The van der Waals surface area contributed by atoms with Gasteiger partial charge in [-0.25, -0.2) is 5.32 Å². The molecule has 1 aliphatic heterocycles. The van der Waals surface area contributed by atoms with Gasteiger partial charge in [-0.1, -0.05) is 18.7 Å². The zero-order chi connectivity index (χ0) is 12.2. The van der Waals surface area contributed by atoms with Crippen molar-refractivity contribution >= 4 is 0 Å². The lowest BCUT2D eigenvalue weighted by molar-refractivity contribution is 0.558. The van der Waals surface area contributed by atoms with Gasteiger partial charge in [0, 0.05) is 12.7 Å². The highest BCUT2D eigenvalue weighted by atomic mass is 15.1. The molecule has 0 atom stereocenters. The van der Waals surface area contributed by atoms with Crippen LogP contribution in [0.2, 0.25) is 0 Å². The lowest BCUT2D eigenvalue weighted by Crippen LogP contribution is -2.11. The monoisotopic (exact) mass is 214 g/mol. The first-order valence-corrected chi connectivity index (χ1v) is 4.68. The SMILES string of the molecule is C=CCC1=CCN(C=C)C=C1.N#CNC#N. The molecule has 0 unspecified atom stereocenters. The summed E-state index contributed by atoms with van der Waals surface area (Å²) in [5.41, 5.74) is 1.33. The van der Waals surface area contributed by atoms with Gasteiger partial charge in [-0.2, -0.15) is 10.5 Å². The number of nitrogens with one attached hydrogen (secondary N) is 1. The van der Waals surface area contributed by atoms with Gasteiger partial charge in [0.2, 0.25) is 0 Å². The second-order valence-corrected chi connectivity index (χ2v) is 2.82. The van der Waals surface area contributed by atoms with Crippen LogP contribution in [-0.2, 0) is 0 Å². The van der Waals surface area contributed by atoms with Crippen LogP contribution in [0.3, 0.4) is 0 Å². The Kier molecular flexibility index (Phi) is 7.71. The zero-order valence-corrected chi connectivity index (χ0v) is 9.06. The van der Waals surface area contributed by atoms with Crippen LogP contribution in [0.5, 0.6) is 0 Å². The van der Waals surface area contributed by atoms with E-state index in [1.165, 1.54) is 18.0 Å². The summed E-state index contributed by atoms with van der Waals surface area (Å²) >= 11 is 0. The molecule has 0 amide bonds. The highest BCUT2D eigenvalue weighted by Gasteiger charge is 1.98. The van der Waals surface area contributed by atoms with Gasteiger partial charge in [0.05, 0.1) is 0 Å². The molecule has 0 aliphatic carbocycles. The summed E-state index contributed by atoms with van der Waals surface area (Å²) < 4.78 is 0. The van der Waals surface area contributed by atoms with Gasteiger partial charge in [-0.15, -0.1) is 6.58 Å². The quantitative estimate of drug-likeness (QED) is 0.443. The second-order valence-electron chi connectivity index (χ2n) is 2.82.